The van der Waals surface area contributed by atoms with Gasteiger partial charge >= 0.3 is 0 Å². The highest BCUT2D eigenvalue weighted by Crippen LogP contribution is 2.27. The minimum absolute atomic E-state index is 0.180. The summed E-state index contributed by atoms with van der Waals surface area (Å²) in [5.74, 6) is 1.50. The summed E-state index contributed by atoms with van der Waals surface area (Å²) in [6, 6.07) is -0.180. The Labute approximate surface area is 105 Å². The molecular weight excluding hydrogens is 234 g/mol. The first-order valence-corrected chi connectivity index (χ1v) is 6.70. The molecule has 2 rings (SSSR count). The molecule has 2 unspecified atom stereocenters. The summed E-state index contributed by atoms with van der Waals surface area (Å²) in [5.41, 5.74) is 8.26. The van der Waals surface area contributed by atoms with Crippen LogP contribution in [0.25, 0.3) is 11.4 Å². The molecule has 2 aromatic rings. The van der Waals surface area contributed by atoms with Gasteiger partial charge in [0.2, 0.25) is 11.7 Å². The Hall–Kier alpha value is -1.20. The molecule has 92 valence electrons. The SMILES string of the molecule is CCC(C)C(N)c1nc(-c2cscc2C)no1. The molecule has 2 aromatic heterocycles. The summed E-state index contributed by atoms with van der Waals surface area (Å²) in [7, 11) is 0. The largest absolute Gasteiger partial charge is 0.337 e. The van der Waals surface area contributed by atoms with Crippen molar-refractivity contribution >= 4 is 11.3 Å². The topological polar surface area (TPSA) is 64.9 Å². The summed E-state index contributed by atoms with van der Waals surface area (Å²) in [6.45, 7) is 6.23. The van der Waals surface area contributed by atoms with E-state index in [9.17, 15) is 0 Å². The lowest BCUT2D eigenvalue weighted by Gasteiger charge is -2.12. The average molecular weight is 251 g/mol. The second-order valence-corrected chi connectivity index (χ2v) is 5.08. The van der Waals surface area contributed by atoms with Crippen LogP contribution in [0.4, 0.5) is 0 Å². The molecule has 0 aliphatic rings. The lowest BCUT2D eigenvalue weighted by Crippen LogP contribution is -2.18. The van der Waals surface area contributed by atoms with Crippen LogP contribution in [-0.2, 0) is 0 Å². The molecular formula is C12H17N3OS. The maximum atomic E-state index is 6.06. The van der Waals surface area contributed by atoms with E-state index in [0.29, 0.717) is 17.6 Å². The molecule has 0 saturated carbocycles. The van der Waals surface area contributed by atoms with Crippen LogP contribution in [0.5, 0.6) is 0 Å². The highest BCUT2D eigenvalue weighted by molar-refractivity contribution is 7.08. The van der Waals surface area contributed by atoms with Crippen LogP contribution in [-0.4, -0.2) is 10.1 Å². The van der Waals surface area contributed by atoms with Gasteiger partial charge in [0.15, 0.2) is 0 Å². The van der Waals surface area contributed by atoms with E-state index in [1.54, 1.807) is 11.3 Å². The van der Waals surface area contributed by atoms with Gasteiger partial charge in [-0.25, -0.2) is 0 Å². The van der Waals surface area contributed by atoms with E-state index in [0.717, 1.165) is 12.0 Å². The van der Waals surface area contributed by atoms with Crippen molar-refractivity contribution in [3.63, 3.8) is 0 Å². The second-order valence-electron chi connectivity index (χ2n) is 4.34. The van der Waals surface area contributed by atoms with Gasteiger partial charge in [0, 0.05) is 10.9 Å². The van der Waals surface area contributed by atoms with Gasteiger partial charge in [0.1, 0.15) is 0 Å². The zero-order chi connectivity index (χ0) is 12.4. The number of aryl methyl sites for hydroxylation is 1. The smallest absolute Gasteiger partial charge is 0.244 e. The van der Waals surface area contributed by atoms with Crippen molar-refractivity contribution in [3.8, 4) is 11.4 Å². The molecule has 17 heavy (non-hydrogen) atoms. The van der Waals surface area contributed by atoms with Gasteiger partial charge in [-0.05, 0) is 23.8 Å². The summed E-state index contributed by atoms with van der Waals surface area (Å²) in [5, 5.41) is 8.09. The number of rotatable bonds is 4. The maximum Gasteiger partial charge on any atom is 0.244 e. The number of hydrogen-bond donors (Lipinski definition) is 1. The van der Waals surface area contributed by atoms with Crippen molar-refractivity contribution in [3.05, 3.63) is 22.2 Å². The second kappa shape index (κ2) is 4.98. The number of hydrogen-bond acceptors (Lipinski definition) is 5. The van der Waals surface area contributed by atoms with Crippen LogP contribution in [0, 0.1) is 12.8 Å². The van der Waals surface area contributed by atoms with Crippen molar-refractivity contribution in [1.82, 2.24) is 10.1 Å². The third-order valence-corrected chi connectivity index (χ3v) is 3.94. The third-order valence-electron chi connectivity index (χ3n) is 3.08. The molecule has 2 heterocycles. The Kier molecular flexibility index (Phi) is 3.59. The first-order chi connectivity index (χ1) is 8.13. The lowest BCUT2D eigenvalue weighted by atomic mass is 10.0. The normalized spacial score (nSPS) is 14.8. The van der Waals surface area contributed by atoms with Crippen molar-refractivity contribution in [2.45, 2.75) is 33.2 Å². The Bertz CT molecular complexity index is 491. The molecule has 0 fully saturated rings. The maximum absolute atomic E-state index is 6.06. The first-order valence-electron chi connectivity index (χ1n) is 5.75. The molecule has 0 amide bonds. The van der Waals surface area contributed by atoms with Crippen LogP contribution in [0.2, 0.25) is 0 Å². The van der Waals surface area contributed by atoms with E-state index in [1.165, 1.54) is 5.56 Å². The summed E-state index contributed by atoms with van der Waals surface area (Å²) >= 11 is 1.64. The van der Waals surface area contributed by atoms with E-state index in [1.807, 2.05) is 12.3 Å². The van der Waals surface area contributed by atoms with Crippen LogP contribution in [0.1, 0.15) is 37.8 Å². The summed E-state index contributed by atoms with van der Waals surface area (Å²) in [4.78, 5) is 4.39. The molecule has 0 bridgehead atoms. The number of nitrogens with two attached hydrogens (primary N) is 1. The molecule has 2 atom stereocenters. The number of thiophene rings is 1. The quantitative estimate of drug-likeness (QED) is 0.906. The highest BCUT2D eigenvalue weighted by atomic mass is 32.1. The molecule has 0 aliphatic carbocycles. The molecule has 4 nitrogen and oxygen atoms in total. The molecule has 0 radical (unpaired) electrons. The fourth-order valence-corrected chi connectivity index (χ4v) is 2.39. The Morgan fingerprint density at radius 1 is 1.47 bits per heavy atom. The number of aromatic nitrogens is 2. The van der Waals surface area contributed by atoms with E-state index in [2.05, 4.69) is 29.4 Å². The van der Waals surface area contributed by atoms with Crippen molar-refractivity contribution in [2.24, 2.45) is 11.7 Å². The molecule has 0 aliphatic heterocycles. The fourth-order valence-electron chi connectivity index (χ4n) is 1.57. The minimum Gasteiger partial charge on any atom is -0.337 e. The van der Waals surface area contributed by atoms with E-state index in [4.69, 9.17) is 10.3 Å². The Morgan fingerprint density at radius 3 is 2.82 bits per heavy atom. The summed E-state index contributed by atoms with van der Waals surface area (Å²) < 4.78 is 5.25. The summed E-state index contributed by atoms with van der Waals surface area (Å²) in [6.07, 6.45) is 0.996. The minimum atomic E-state index is -0.180. The van der Waals surface area contributed by atoms with Gasteiger partial charge < -0.3 is 10.3 Å². The van der Waals surface area contributed by atoms with Gasteiger partial charge in [0.25, 0.3) is 0 Å². The Morgan fingerprint density at radius 2 is 2.24 bits per heavy atom. The monoisotopic (exact) mass is 251 g/mol. The van der Waals surface area contributed by atoms with Crippen molar-refractivity contribution in [2.75, 3.05) is 0 Å². The van der Waals surface area contributed by atoms with E-state index in [-0.39, 0.29) is 6.04 Å². The lowest BCUT2D eigenvalue weighted by molar-refractivity contribution is 0.312. The third kappa shape index (κ3) is 2.40. The Balaban J connectivity index is 2.25. The molecule has 0 aromatic carbocycles. The zero-order valence-electron chi connectivity index (χ0n) is 10.3. The van der Waals surface area contributed by atoms with E-state index < -0.39 is 0 Å². The fraction of sp³-hybridized carbons (Fsp3) is 0.500. The van der Waals surface area contributed by atoms with Gasteiger partial charge in [-0.3, -0.25) is 0 Å². The average Bonchev–Trinajstić information content (AvgIpc) is 2.95. The standard InChI is InChI=1S/C12H17N3OS/c1-4-7(2)10(13)12-14-11(15-16-12)9-6-17-5-8(9)3/h5-7,10H,4,13H2,1-3H3. The van der Waals surface area contributed by atoms with Crippen molar-refractivity contribution < 1.29 is 4.52 Å². The first kappa shape index (κ1) is 12.3. The van der Waals surface area contributed by atoms with Crippen molar-refractivity contribution in [1.29, 1.82) is 0 Å². The molecule has 0 saturated heterocycles. The van der Waals surface area contributed by atoms with Gasteiger partial charge in [-0.15, -0.1) is 0 Å². The van der Waals surface area contributed by atoms with Crippen LogP contribution >= 0.6 is 11.3 Å². The molecule has 5 heteroatoms. The van der Waals surface area contributed by atoms with Gasteiger partial charge in [0.05, 0.1) is 6.04 Å². The highest BCUT2D eigenvalue weighted by Gasteiger charge is 2.21. The predicted molar refractivity (Wildman–Crippen MR) is 68.7 cm³/mol. The van der Waals surface area contributed by atoms with Crippen LogP contribution in [0.3, 0.4) is 0 Å². The van der Waals surface area contributed by atoms with Gasteiger partial charge in [-0.2, -0.15) is 16.3 Å². The van der Waals surface area contributed by atoms with E-state index >= 15 is 0 Å². The zero-order valence-corrected chi connectivity index (χ0v) is 11.1. The van der Waals surface area contributed by atoms with Crippen LogP contribution in [0.15, 0.2) is 15.3 Å². The van der Waals surface area contributed by atoms with Crippen LogP contribution < -0.4 is 5.73 Å². The predicted octanol–water partition coefficient (Wildman–Crippen LogP) is 3.15. The molecule has 2 N–H and O–H groups in total. The van der Waals surface area contributed by atoms with Gasteiger partial charge in [-0.1, -0.05) is 25.4 Å². The number of nitrogens with zero attached hydrogens (tertiary/aromatic N) is 2. The molecule has 0 spiro atoms.